The number of carboxylic acid groups (broad SMARTS) is 1. The molecule has 0 unspecified atom stereocenters. The standard InChI is InChI=1S/C39H49N3O6/c43-27-28-11-13-31(14-12-28)36-23-35(26-42-21-5-8-34(42)25-41-19-1-2-20-41)47-39(48-36)32-17-15-30(16-18-32)33-7-3-6-29(22-33)24-40-37(44)9-4-10-38(45)46/h3,6-7,11-18,22,34-36,39,43H,1-2,4-5,8-10,19-21,23-27H2,(H,40,44)(H,45,46)/t34-,35-,36+,39+/m0/s1. The van der Waals surface area contributed by atoms with Crippen LogP contribution in [0.3, 0.4) is 0 Å². The largest absolute Gasteiger partial charge is 0.481 e. The molecule has 9 nitrogen and oxygen atoms in total. The van der Waals surface area contributed by atoms with E-state index in [2.05, 4.69) is 63.6 Å². The van der Waals surface area contributed by atoms with Crippen LogP contribution >= 0.6 is 0 Å². The molecule has 1 amide bonds. The molecule has 3 N–H and O–H groups in total. The molecule has 6 rings (SSSR count). The summed E-state index contributed by atoms with van der Waals surface area (Å²) in [5.74, 6) is -1.04. The number of likely N-dealkylation sites (tertiary alicyclic amines) is 2. The van der Waals surface area contributed by atoms with E-state index in [4.69, 9.17) is 14.6 Å². The quantitative estimate of drug-likeness (QED) is 0.199. The Bertz CT molecular complexity index is 1490. The molecule has 3 fully saturated rings. The molecule has 0 aromatic heterocycles. The normalized spacial score (nSPS) is 23.4. The van der Waals surface area contributed by atoms with Gasteiger partial charge in [0, 0.05) is 50.5 Å². The lowest BCUT2D eigenvalue weighted by Crippen LogP contribution is -2.45. The van der Waals surface area contributed by atoms with E-state index in [9.17, 15) is 14.7 Å². The van der Waals surface area contributed by atoms with E-state index in [0.717, 1.165) is 59.4 Å². The van der Waals surface area contributed by atoms with Gasteiger partial charge in [0.05, 0.1) is 18.8 Å². The molecule has 3 saturated heterocycles. The Morgan fingerprint density at radius 1 is 0.812 bits per heavy atom. The van der Waals surface area contributed by atoms with E-state index >= 15 is 0 Å². The number of aliphatic carboxylic acids is 1. The third-order valence-electron chi connectivity index (χ3n) is 9.95. The third kappa shape index (κ3) is 9.30. The summed E-state index contributed by atoms with van der Waals surface area (Å²) in [4.78, 5) is 28.1. The van der Waals surface area contributed by atoms with Crippen LogP contribution in [0.25, 0.3) is 11.1 Å². The Balaban J connectivity index is 1.13. The molecule has 0 bridgehead atoms. The van der Waals surface area contributed by atoms with E-state index < -0.39 is 12.3 Å². The van der Waals surface area contributed by atoms with Crippen LogP contribution in [0.5, 0.6) is 0 Å². The van der Waals surface area contributed by atoms with Crippen molar-refractivity contribution in [3.8, 4) is 11.1 Å². The SMILES string of the molecule is O=C(O)CCCC(=O)NCc1cccc(-c2ccc([C@@H]3O[C@H](CN4CCC[C@H]4CN4CCCC4)C[C@H](c4ccc(CO)cc4)O3)cc2)c1. The number of benzene rings is 3. The van der Waals surface area contributed by atoms with Crippen LogP contribution in [0.4, 0.5) is 0 Å². The average molecular weight is 656 g/mol. The van der Waals surface area contributed by atoms with Gasteiger partial charge in [-0.25, -0.2) is 0 Å². The van der Waals surface area contributed by atoms with Crippen LogP contribution in [0, 0.1) is 0 Å². The average Bonchev–Trinajstić information content (AvgIpc) is 3.80. The molecular weight excluding hydrogens is 606 g/mol. The number of carboxylic acids is 1. The van der Waals surface area contributed by atoms with Crippen LogP contribution in [0.15, 0.2) is 72.8 Å². The molecule has 4 atom stereocenters. The lowest BCUT2D eigenvalue weighted by atomic mass is 9.98. The first-order valence-corrected chi connectivity index (χ1v) is 17.6. The van der Waals surface area contributed by atoms with Gasteiger partial charge in [-0.15, -0.1) is 0 Å². The Hall–Kier alpha value is -3.60. The maximum atomic E-state index is 12.1. The Morgan fingerprint density at radius 2 is 1.58 bits per heavy atom. The van der Waals surface area contributed by atoms with Crippen molar-refractivity contribution in [2.24, 2.45) is 0 Å². The number of ether oxygens (including phenoxy) is 2. The molecule has 3 aliphatic rings. The molecule has 0 saturated carbocycles. The van der Waals surface area contributed by atoms with Crippen molar-refractivity contribution in [1.82, 2.24) is 15.1 Å². The summed E-state index contributed by atoms with van der Waals surface area (Å²) >= 11 is 0. The highest BCUT2D eigenvalue weighted by Gasteiger charge is 2.36. The number of hydrogen-bond donors (Lipinski definition) is 3. The molecule has 3 heterocycles. The summed E-state index contributed by atoms with van der Waals surface area (Å²) in [6.07, 6.45) is 5.83. The number of carbonyl (C=O) groups excluding carboxylic acids is 1. The summed E-state index contributed by atoms with van der Waals surface area (Å²) in [6, 6.07) is 25.1. The minimum atomic E-state index is -0.889. The van der Waals surface area contributed by atoms with Crippen LogP contribution in [-0.2, 0) is 32.2 Å². The predicted octanol–water partition coefficient (Wildman–Crippen LogP) is 5.82. The van der Waals surface area contributed by atoms with Crippen molar-refractivity contribution in [2.45, 2.75) is 89.1 Å². The van der Waals surface area contributed by atoms with E-state index in [-0.39, 0.29) is 37.6 Å². The number of carbonyl (C=O) groups is 2. The molecule has 3 aromatic rings. The predicted molar refractivity (Wildman–Crippen MR) is 184 cm³/mol. The number of rotatable bonds is 14. The Morgan fingerprint density at radius 3 is 2.33 bits per heavy atom. The molecule has 48 heavy (non-hydrogen) atoms. The number of nitrogens with one attached hydrogen (secondary N) is 1. The third-order valence-corrected chi connectivity index (χ3v) is 9.95. The lowest BCUT2D eigenvalue weighted by Gasteiger charge is -2.39. The maximum Gasteiger partial charge on any atom is 0.303 e. The maximum absolute atomic E-state index is 12.1. The summed E-state index contributed by atoms with van der Waals surface area (Å²) in [6.45, 7) is 6.01. The van der Waals surface area contributed by atoms with Gasteiger partial charge in [-0.2, -0.15) is 0 Å². The highest BCUT2D eigenvalue weighted by molar-refractivity contribution is 5.76. The molecular formula is C39H49N3O6. The van der Waals surface area contributed by atoms with Gasteiger partial charge in [0.25, 0.3) is 0 Å². The first kappa shape index (κ1) is 34.3. The summed E-state index contributed by atoms with van der Waals surface area (Å²) < 4.78 is 13.4. The summed E-state index contributed by atoms with van der Waals surface area (Å²) in [7, 11) is 0. The van der Waals surface area contributed by atoms with Crippen molar-refractivity contribution in [1.29, 1.82) is 0 Å². The smallest absolute Gasteiger partial charge is 0.303 e. The first-order valence-electron chi connectivity index (χ1n) is 17.6. The minimum Gasteiger partial charge on any atom is -0.481 e. The number of amides is 1. The topological polar surface area (TPSA) is 112 Å². The number of hydrogen-bond acceptors (Lipinski definition) is 7. The number of aliphatic hydroxyl groups excluding tert-OH is 1. The lowest BCUT2D eigenvalue weighted by molar-refractivity contribution is -0.253. The monoisotopic (exact) mass is 655 g/mol. The van der Waals surface area contributed by atoms with Crippen LogP contribution in [-0.4, -0.2) is 76.8 Å². The van der Waals surface area contributed by atoms with Gasteiger partial charge in [0.15, 0.2) is 6.29 Å². The second kappa shape index (κ2) is 16.7. The van der Waals surface area contributed by atoms with Gasteiger partial charge in [-0.1, -0.05) is 66.7 Å². The van der Waals surface area contributed by atoms with Crippen molar-refractivity contribution >= 4 is 11.9 Å². The molecule has 3 aromatic carbocycles. The Kier molecular flexibility index (Phi) is 11.9. The van der Waals surface area contributed by atoms with Gasteiger partial charge in [-0.05, 0) is 85.6 Å². The van der Waals surface area contributed by atoms with Crippen molar-refractivity contribution in [3.05, 3.63) is 95.1 Å². The second-order valence-electron chi connectivity index (χ2n) is 13.5. The highest BCUT2D eigenvalue weighted by Crippen LogP contribution is 2.39. The molecule has 0 radical (unpaired) electrons. The highest BCUT2D eigenvalue weighted by atomic mass is 16.7. The van der Waals surface area contributed by atoms with Crippen molar-refractivity contribution in [2.75, 3.05) is 32.7 Å². The fraction of sp³-hybridized carbons (Fsp3) is 0.487. The zero-order valence-electron chi connectivity index (χ0n) is 27.8. The fourth-order valence-electron chi connectivity index (χ4n) is 7.28. The van der Waals surface area contributed by atoms with E-state index in [1.165, 1.54) is 38.8 Å². The fourth-order valence-corrected chi connectivity index (χ4v) is 7.28. The van der Waals surface area contributed by atoms with Crippen LogP contribution in [0.1, 0.15) is 86.0 Å². The molecule has 9 heteroatoms. The van der Waals surface area contributed by atoms with Crippen LogP contribution < -0.4 is 5.32 Å². The second-order valence-corrected chi connectivity index (χ2v) is 13.5. The van der Waals surface area contributed by atoms with Gasteiger partial charge >= 0.3 is 5.97 Å². The van der Waals surface area contributed by atoms with E-state index in [1.54, 1.807) is 0 Å². The molecule has 256 valence electrons. The minimum absolute atomic E-state index is 0.00730. The van der Waals surface area contributed by atoms with Gasteiger partial charge in [0.2, 0.25) is 5.91 Å². The first-order chi connectivity index (χ1) is 23.4. The van der Waals surface area contributed by atoms with E-state index in [1.807, 2.05) is 24.3 Å². The Labute approximate surface area is 283 Å². The van der Waals surface area contributed by atoms with E-state index in [0.29, 0.717) is 19.0 Å². The van der Waals surface area contributed by atoms with Crippen molar-refractivity contribution in [3.63, 3.8) is 0 Å². The molecule has 3 aliphatic heterocycles. The van der Waals surface area contributed by atoms with Crippen molar-refractivity contribution < 1.29 is 29.3 Å². The zero-order chi connectivity index (χ0) is 33.3. The number of aliphatic hydroxyl groups is 1. The van der Waals surface area contributed by atoms with Gasteiger partial charge in [0.1, 0.15) is 0 Å². The van der Waals surface area contributed by atoms with Crippen LogP contribution in [0.2, 0.25) is 0 Å². The summed E-state index contributed by atoms with van der Waals surface area (Å²) in [5.41, 5.74) is 6.04. The number of nitrogens with zero attached hydrogens (tertiary/aromatic N) is 2. The molecule has 0 aliphatic carbocycles. The summed E-state index contributed by atoms with van der Waals surface area (Å²) in [5, 5.41) is 21.3. The van der Waals surface area contributed by atoms with Gasteiger partial charge in [-0.3, -0.25) is 14.5 Å². The zero-order valence-corrected chi connectivity index (χ0v) is 27.8. The molecule has 0 spiro atoms. The van der Waals surface area contributed by atoms with Gasteiger partial charge < -0.3 is 29.9 Å².